The fraction of sp³-hybridized carbons (Fsp3) is 0.500. The van der Waals surface area contributed by atoms with E-state index in [-0.39, 0.29) is 11.8 Å². The van der Waals surface area contributed by atoms with Gasteiger partial charge in [0.05, 0.1) is 5.52 Å². The minimum Gasteiger partial charge on any atom is -0.505 e. The summed E-state index contributed by atoms with van der Waals surface area (Å²) in [6.07, 6.45) is 2.07. The van der Waals surface area contributed by atoms with Gasteiger partial charge >= 0.3 is 0 Å². The Bertz CT molecular complexity index is 634. The topological polar surface area (TPSA) is 31.6 Å². The van der Waals surface area contributed by atoms with Crippen LogP contribution in [0.5, 0.6) is 5.75 Å². The summed E-state index contributed by atoms with van der Waals surface area (Å²) in [5.74, 6) is -0.865. The van der Waals surface area contributed by atoms with Crippen molar-refractivity contribution in [3.8, 4) is 5.75 Å². The van der Waals surface area contributed by atoms with Gasteiger partial charge in [-0.05, 0) is 46.7 Å². The van der Waals surface area contributed by atoms with Gasteiger partial charge in [-0.1, -0.05) is 0 Å². The van der Waals surface area contributed by atoms with Gasteiger partial charge in [0.1, 0.15) is 0 Å². The molecule has 0 aliphatic heterocycles. The minimum atomic E-state index is -0.569. The molecule has 21 heavy (non-hydrogen) atoms. The molecule has 1 unspecified atom stereocenters. The van der Waals surface area contributed by atoms with Crippen molar-refractivity contribution in [1.29, 1.82) is 0 Å². The van der Waals surface area contributed by atoms with Gasteiger partial charge in [0, 0.05) is 36.8 Å². The molecule has 1 aromatic carbocycles. The van der Waals surface area contributed by atoms with E-state index >= 15 is 0 Å². The summed E-state index contributed by atoms with van der Waals surface area (Å²) in [4.78, 5) is 4.26. The SMILES string of the molecule is CCn1cc(C(CN(C)C)N(C)C)c2cc(F)c(O)cc21. The zero-order chi connectivity index (χ0) is 15.7. The summed E-state index contributed by atoms with van der Waals surface area (Å²) in [5, 5.41) is 10.5. The van der Waals surface area contributed by atoms with Crippen LogP contribution in [0.2, 0.25) is 0 Å². The largest absolute Gasteiger partial charge is 0.505 e. The van der Waals surface area contributed by atoms with Crippen molar-refractivity contribution in [3.63, 3.8) is 0 Å². The number of phenols is 1. The van der Waals surface area contributed by atoms with Gasteiger partial charge in [0.15, 0.2) is 11.6 Å². The second-order valence-corrected chi connectivity index (χ2v) is 5.93. The lowest BCUT2D eigenvalue weighted by Crippen LogP contribution is -2.30. The van der Waals surface area contributed by atoms with Crippen molar-refractivity contribution >= 4 is 10.9 Å². The number of halogens is 1. The molecule has 4 nitrogen and oxygen atoms in total. The van der Waals surface area contributed by atoms with Crippen molar-refractivity contribution < 1.29 is 9.50 Å². The summed E-state index contributed by atoms with van der Waals surface area (Å²) in [7, 11) is 8.12. The molecule has 0 fully saturated rings. The lowest BCUT2D eigenvalue weighted by Gasteiger charge is -2.27. The zero-order valence-electron chi connectivity index (χ0n) is 13.4. The number of hydrogen-bond acceptors (Lipinski definition) is 3. The van der Waals surface area contributed by atoms with Gasteiger partial charge in [-0.25, -0.2) is 4.39 Å². The van der Waals surface area contributed by atoms with Crippen LogP contribution in [-0.2, 0) is 6.54 Å². The van der Waals surface area contributed by atoms with Crippen molar-refractivity contribution in [2.45, 2.75) is 19.5 Å². The molecule has 0 aliphatic rings. The molecule has 0 saturated carbocycles. The monoisotopic (exact) mass is 293 g/mol. The lowest BCUT2D eigenvalue weighted by molar-refractivity contribution is 0.232. The van der Waals surface area contributed by atoms with Crippen LogP contribution < -0.4 is 0 Å². The molecular formula is C16H24FN3O. The highest BCUT2D eigenvalue weighted by Crippen LogP contribution is 2.33. The first-order valence-corrected chi connectivity index (χ1v) is 7.17. The highest BCUT2D eigenvalue weighted by Gasteiger charge is 2.21. The van der Waals surface area contributed by atoms with Crippen molar-refractivity contribution in [2.24, 2.45) is 0 Å². The summed E-state index contributed by atoms with van der Waals surface area (Å²) >= 11 is 0. The Morgan fingerprint density at radius 3 is 2.43 bits per heavy atom. The first-order valence-electron chi connectivity index (χ1n) is 7.17. The van der Waals surface area contributed by atoms with E-state index in [4.69, 9.17) is 0 Å². The number of benzene rings is 1. The molecule has 5 heteroatoms. The Hall–Kier alpha value is -1.59. The molecule has 1 heterocycles. The average molecular weight is 293 g/mol. The van der Waals surface area contributed by atoms with Gasteiger partial charge in [0.25, 0.3) is 0 Å². The van der Waals surface area contributed by atoms with E-state index in [1.165, 1.54) is 12.1 Å². The van der Waals surface area contributed by atoms with Gasteiger partial charge in [-0.15, -0.1) is 0 Å². The Labute approximate surface area is 125 Å². The van der Waals surface area contributed by atoms with Crippen LogP contribution in [0.25, 0.3) is 10.9 Å². The molecule has 0 aliphatic carbocycles. The smallest absolute Gasteiger partial charge is 0.165 e. The van der Waals surface area contributed by atoms with Crippen LogP contribution in [-0.4, -0.2) is 54.2 Å². The molecule has 0 saturated heterocycles. The van der Waals surface area contributed by atoms with Crippen molar-refractivity contribution in [3.05, 3.63) is 29.7 Å². The van der Waals surface area contributed by atoms with E-state index < -0.39 is 5.82 Å². The molecule has 0 amide bonds. The molecule has 0 radical (unpaired) electrons. The second-order valence-electron chi connectivity index (χ2n) is 5.93. The average Bonchev–Trinajstić information content (AvgIpc) is 2.74. The van der Waals surface area contributed by atoms with Gasteiger partial charge in [-0.3, -0.25) is 0 Å². The van der Waals surface area contributed by atoms with Crippen LogP contribution in [0.4, 0.5) is 4.39 Å². The fourth-order valence-corrected chi connectivity index (χ4v) is 2.74. The van der Waals surface area contributed by atoms with Crippen LogP contribution in [0, 0.1) is 5.82 Å². The molecule has 1 atom stereocenters. The van der Waals surface area contributed by atoms with E-state index in [0.717, 1.165) is 29.6 Å². The number of aromatic nitrogens is 1. The number of nitrogens with zero attached hydrogens (tertiary/aromatic N) is 3. The van der Waals surface area contributed by atoms with Gasteiger partial charge in [0.2, 0.25) is 0 Å². The molecule has 1 aromatic heterocycles. The van der Waals surface area contributed by atoms with Gasteiger partial charge in [-0.2, -0.15) is 0 Å². The van der Waals surface area contributed by atoms with E-state index in [1.807, 2.05) is 35.1 Å². The lowest BCUT2D eigenvalue weighted by atomic mass is 10.0. The summed E-state index contributed by atoms with van der Waals surface area (Å²) < 4.78 is 15.8. The van der Waals surface area contributed by atoms with E-state index in [1.54, 1.807) is 0 Å². The molecule has 1 N–H and O–H groups in total. The maximum atomic E-state index is 13.8. The predicted molar refractivity (Wildman–Crippen MR) is 84.2 cm³/mol. The molecule has 2 aromatic rings. The van der Waals surface area contributed by atoms with Crippen LogP contribution in [0.3, 0.4) is 0 Å². The molecule has 2 rings (SSSR count). The van der Waals surface area contributed by atoms with Crippen LogP contribution >= 0.6 is 0 Å². The highest BCUT2D eigenvalue weighted by atomic mass is 19.1. The molecule has 0 spiro atoms. The number of aromatic hydroxyl groups is 1. The van der Waals surface area contributed by atoms with Crippen molar-refractivity contribution in [1.82, 2.24) is 14.4 Å². The van der Waals surface area contributed by atoms with E-state index in [2.05, 4.69) is 20.6 Å². The highest BCUT2D eigenvalue weighted by molar-refractivity contribution is 5.86. The summed E-state index contributed by atoms with van der Waals surface area (Å²) in [6.45, 7) is 3.67. The van der Waals surface area contributed by atoms with Gasteiger partial charge < -0.3 is 19.5 Å². The summed E-state index contributed by atoms with van der Waals surface area (Å²) in [6, 6.07) is 3.12. The second kappa shape index (κ2) is 6.03. The molecule has 0 bridgehead atoms. The summed E-state index contributed by atoms with van der Waals surface area (Å²) in [5.41, 5.74) is 1.96. The maximum Gasteiger partial charge on any atom is 0.165 e. The maximum absolute atomic E-state index is 13.8. The van der Waals surface area contributed by atoms with Crippen LogP contribution in [0.1, 0.15) is 18.5 Å². The number of hydrogen-bond donors (Lipinski definition) is 1. The standard InChI is InChI=1S/C16H24FN3O/c1-6-20-9-12(15(19(4)5)10-18(2)3)11-7-13(17)16(21)8-14(11)20/h7-9,15,21H,6,10H2,1-5H3. The fourth-order valence-electron chi connectivity index (χ4n) is 2.74. The van der Waals surface area contributed by atoms with Crippen molar-refractivity contribution in [2.75, 3.05) is 34.7 Å². The Kier molecular flexibility index (Phi) is 4.54. The number of likely N-dealkylation sites (N-methyl/N-ethyl adjacent to an activating group) is 2. The predicted octanol–water partition coefficient (Wildman–Crippen LogP) is 2.67. The number of rotatable bonds is 5. The first kappa shape index (κ1) is 15.8. The Balaban J connectivity index is 2.64. The third kappa shape index (κ3) is 3.04. The number of phenolic OH excluding ortho intramolecular Hbond substituents is 1. The first-order chi connectivity index (χ1) is 9.85. The molecular weight excluding hydrogens is 269 g/mol. The van der Waals surface area contributed by atoms with E-state index in [9.17, 15) is 9.50 Å². The number of aryl methyl sites for hydroxylation is 1. The third-order valence-electron chi connectivity index (χ3n) is 3.84. The Morgan fingerprint density at radius 2 is 1.90 bits per heavy atom. The third-order valence-corrected chi connectivity index (χ3v) is 3.84. The van der Waals surface area contributed by atoms with E-state index in [0.29, 0.717) is 0 Å². The normalized spacial score (nSPS) is 13.5. The zero-order valence-corrected chi connectivity index (χ0v) is 13.4. The minimum absolute atomic E-state index is 0.166. The van der Waals surface area contributed by atoms with Crippen LogP contribution in [0.15, 0.2) is 18.3 Å². The quantitative estimate of drug-likeness (QED) is 0.919. The number of fused-ring (bicyclic) bond motifs is 1. The molecule has 116 valence electrons. The Morgan fingerprint density at radius 1 is 1.24 bits per heavy atom.